The van der Waals surface area contributed by atoms with Crippen LogP contribution in [0.2, 0.25) is 10.0 Å². The van der Waals surface area contributed by atoms with Crippen LogP contribution in [0, 0.1) is 0 Å². The van der Waals surface area contributed by atoms with Crippen molar-refractivity contribution in [1.82, 2.24) is 42.5 Å². The van der Waals surface area contributed by atoms with Gasteiger partial charge in [0.15, 0.2) is 23.0 Å². The predicted octanol–water partition coefficient (Wildman–Crippen LogP) is 8.34. The molecule has 0 aromatic heterocycles. The van der Waals surface area contributed by atoms with Crippen molar-refractivity contribution in [2.75, 3.05) is 40.8 Å². The summed E-state index contributed by atoms with van der Waals surface area (Å²) in [6.07, 6.45) is 7.84. The molecule has 0 spiro atoms. The van der Waals surface area contributed by atoms with Gasteiger partial charge >= 0.3 is 0 Å². The fourth-order valence-corrected chi connectivity index (χ4v) is 13.7. The quantitative estimate of drug-likeness (QED) is 0.0319. The van der Waals surface area contributed by atoms with Crippen molar-refractivity contribution in [3.63, 3.8) is 0 Å². The number of nitrogens with two attached hydrogens (primary N) is 1. The molecule has 6 aliphatic rings. The lowest BCUT2D eigenvalue weighted by Crippen LogP contribution is -2.55. The van der Waals surface area contributed by atoms with Crippen LogP contribution in [0.5, 0.6) is 69.0 Å². The zero-order chi connectivity index (χ0) is 74.4. The molecule has 0 unspecified atom stereocenters. The van der Waals surface area contributed by atoms with Crippen LogP contribution in [0.3, 0.4) is 0 Å². The van der Waals surface area contributed by atoms with Gasteiger partial charge in [-0.15, -0.1) is 0 Å². The molecule has 6 heterocycles. The van der Waals surface area contributed by atoms with Crippen LogP contribution in [-0.2, 0) is 46.5 Å². The smallest absolute Gasteiger partial charge is 0.248 e. The number of carbonyl (C=O) groups excluding carboxylic acids is 7. The molecule has 0 fully saturated rings. The van der Waals surface area contributed by atoms with Crippen molar-refractivity contribution < 1.29 is 88.0 Å². The van der Waals surface area contributed by atoms with Gasteiger partial charge in [-0.05, 0) is 131 Å². The minimum atomic E-state index is -2.16. The highest BCUT2D eigenvalue weighted by Gasteiger charge is 2.42. The molecular weight excluding hydrogens is 1380 g/mol. The standard InChI is InChI=1S/C75H82Cl2N10O17/c1-5-6-7-8-9-10-11-12-23-87(3,4)24-13-22-80-36-47-53(91)35-46-59(67(47)93)45-29-39(16-18-51(45)89)61-72(98)86-65(75(101)85-64(46)71(97)79-2)66(92)40-17-21-55(49(77)30-40)104-58-33-42-32-57(68(58)94)103-54-20-14-37(25-48(54)76)26-50-69(95)82-62(73(99)84-63(42)74(100)83-61)41-27-43(88)34-44(28-41)102-56-31-38(15-19-52(56)90)60(78)70(96)81-50/h14-21,25,27-35,50,60-66,80,92H,5-13,22-24,26,36,78H2,1-4H3,(H12-,79,81,82,83,84,85,86,88,89,90,91,93,94,95,96,97,98,99,100,101)/p+1/t50-,60-,61-,62+,63-,64+,65+,66-/m1/s1. The Morgan fingerprint density at radius 1 is 0.548 bits per heavy atom. The summed E-state index contributed by atoms with van der Waals surface area (Å²) >= 11 is 13.9. The first-order chi connectivity index (χ1) is 49.7. The molecule has 548 valence electrons. The molecule has 0 saturated carbocycles. The maximum atomic E-state index is 16.1. The van der Waals surface area contributed by atoms with Crippen LogP contribution < -0.4 is 62.5 Å². The Morgan fingerprint density at radius 2 is 1.13 bits per heavy atom. The maximum Gasteiger partial charge on any atom is 0.248 e. The Kier molecular flexibility index (Phi) is 23.0. The number of ether oxygens (including phenoxy) is 3. The summed E-state index contributed by atoms with van der Waals surface area (Å²) in [6, 6.07) is 8.73. The average Bonchev–Trinajstić information content (AvgIpc) is 0.764. The van der Waals surface area contributed by atoms with E-state index in [1.807, 2.05) is 0 Å². The van der Waals surface area contributed by atoms with Gasteiger partial charge in [0.25, 0.3) is 0 Å². The second-order valence-electron chi connectivity index (χ2n) is 27.0. The molecule has 7 aromatic rings. The molecule has 8 atom stereocenters. The molecule has 7 aromatic carbocycles. The fourth-order valence-electron chi connectivity index (χ4n) is 13.3. The molecule has 6 aliphatic heterocycles. The van der Waals surface area contributed by atoms with Crippen molar-refractivity contribution in [2.45, 2.75) is 126 Å². The number of phenolic OH excluding ortho intramolecular Hbond substituents is 6. The van der Waals surface area contributed by atoms with Crippen LogP contribution in [0.15, 0.2) is 109 Å². The highest BCUT2D eigenvalue weighted by molar-refractivity contribution is 6.32. The van der Waals surface area contributed by atoms with E-state index in [1.54, 1.807) is 0 Å². The zero-order valence-corrected chi connectivity index (χ0v) is 58.9. The minimum Gasteiger partial charge on any atom is -0.508 e. The van der Waals surface area contributed by atoms with Gasteiger partial charge in [-0.2, -0.15) is 0 Å². The van der Waals surface area contributed by atoms with Gasteiger partial charge in [0, 0.05) is 50.2 Å². The van der Waals surface area contributed by atoms with Gasteiger partial charge in [-0.1, -0.05) is 92.9 Å². The summed E-state index contributed by atoms with van der Waals surface area (Å²) in [7, 11) is 5.58. The number of phenols is 6. The number of aliphatic hydroxyl groups excluding tert-OH is 1. The van der Waals surface area contributed by atoms with Crippen molar-refractivity contribution in [3.05, 3.63) is 164 Å². The maximum absolute atomic E-state index is 16.1. The van der Waals surface area contributed by atoms with E-state index in [2.05, 4.69) is 63.6 Å². The van der Waals surface area contributed by atoms with Crippen LogP contribution in [-0.4, -0.2) is 134 Å². The number of aromatic hydroxyl groups is 6. The molecule has 17 N–H and O–H groups in total. The first-order valence-corrected chi connectivity index (χ1v) is 35.0. The molecule has 0 aliphatic carbocycles. The van der Waals surface area contributed by atoms with Crippen LogP contribution in [0.4, 0.5) is 0 Å². The number of nitrogens with zero attached hydrogens (tertiary/aromatic N) is 1. The number of hydrogen-bond acceptors (Lipinski definition) is 19. The van der Waals surface area contributed by atoms with Gasteiger partial charge < -0.3 is 103 Å². The first-order valence-electron chi connectivity index (χ1n) is 34.3. The summed E-state index contributed by atoms with van der Waals surface area (Å²) in [5, 5.41) is 105. The van der Waals surface area contributed by atoms with E-state index in [4.69, 9.17) is 43.1 Å². The van der Waals surface area contributed by atoms with Gasteiger partial charge in [0.05, 0.1) is 42.8 Å². The summed E-state index contributed by atoms with van der Waals surface area (Å²) < 4.78 is 19.4. The molecule has 13 rings (SSSR count). The second kappa shape index (κ2) is 32.0. The number of fused-ring (bicyclic) bond motifs is 14. The summed E-state index contributed by atoms with van der Waals surface area (Å²) in [4.78, 5) is 106. The van der Waals surface area contributed by atoms with Gasteiger partial charge in [-0.25, -0.2) is 0 Å². The zero-order valence-electron chi connectivity index (χ0n) is 57.4. The first kappa shape index (κ1) is 74.6. The van der Waals surface area contributed by atoms with E-state index in [1.165, 1.54) is 118 Å². The largest absolute Gasteiger partial charge is 0.508 e. The van der Waals surface area contributed by atoms with Crippen LogP contribution >= 0.6 is 23.2 Å². The normalized spacial score (nSPS) is 20.3. The van der Waals surface area contributed by atoms with Gasteiger partial charge in [-0.3, -0.25) is 33.6 Å². The summed E-state index contributed by atoms with van der Waals surface area (Å²) in [5.41, 5.74) is 5.03. The Balaban J connectivity index is 1.05. The van der Waals surface area contributed by atoms with Gasteiger partial charge in [0.2, 0.25) is 47.1 Å². The number of rotatable bonds is 16. The van der Waals surface area contributed by atoms with E-state index in [0.717, 1.165) is 66.8 Å². The van der Waals surface area contributed by atoms with E-state index >= 15 is 24.0 Å². The van der Waals surface area contributed by atoms with Gasteiger partial charge in [0.1, 0.15) is 88.6 Å². The third kappa shape index (κ3) is 16.7. The van der Waals surface area contributed by atoms with Crippen molar-refractivity contribution >= 4 is 64.6 Å². The number of benzene rings is 7. The van der Waals surface area contributed by atoms with Crippen LogP contribution in [0.1, 0.15) is 146 Å². The number of carbonyl (C=O) groups is 7. The second-order valence-corrected chi connectivity index (χ2v) is 27.8. The van der Waals surface area contributed by atoms with E-state index < -0.39 is 136 Å². The minimum absolute atomic E-state index is 0.0970. The number of aliphatic hydroxyl groups is 1. The van der Waals surface area contributed by atoms with E-state index in [0.29, 0.717) is 18.5 Å². The number of quaternary nitrogens is 1. The molecule has 0 saturated heterocycles. The number of likely N-dealkylation sites (N-methyl/N-ethyl adjacent to an activating group) is 1. The van der Waals surface area contributed by atoms with Crippen molar-refractivity contribution in [1.29, 1.82) is 0 Å². The number of halogens is 2. The Hall–Kier alpha value is -10.6. The summed E-state index contributed by atoms with van der Waals surface area (Å²) in [6.45, 7) is 4.23. The highest BCUT2D eigenvalue weighted by atomic mass is 35.5. The summed E-state index contributed by atoms with van der Waals surface area (Å²) in [5.74, 6) is -13.3. The molecule has 7 amide bonds. The number of hydrogen-bond donors (Lipinski definition) is 16. The fraction of sp³-hybridized carbons (Fsp3) is 0.347. The molecule has 27 nitrogen and oxygen atoms in total. The van der Waals surface area contributed by atoms with E-state index in [-0.39, 0.29) is 96.1 Å². The van der Waals surface area contributed by atoms with Crippen LogP contribution in [0.25, 0.3) is 11.1 Å². The third-order valence-electron chi connectivity index (χ3n) is 19.0. The lowest BCUT2D eigenvalue weighted by Gasteiger charge is -2.32. The SMILES string of the molecule is CCCCCCCCCC[N+](C)(C)CCCNCc1c(O)cc2c(c1O)-c1cc(ccc1O)[C@H]1NC(=O)[C@@H]3NC(=O)[C@H]4NC(=O)[C@@H](Cc5ccc(c(Cl)c5)Oc5cc3cc(c5O)Oc3ccc(cc3Cl)[C@@H](O)[C@H](NC1=O)C(=O)N[C@@H]2C(=O)NC)NC(=O)[C@H](N)c1ccc(O)c(c1)Oc1cc(O)cc4c1. The molecule has 17 bridgehead atoms. The Bertz CT molecular complexity index is 4500. The Morgan fingerprint density at radius 3 is 1.81 bits per heavy atom. The predicted molar refractivity (Wildman–Crippen MR) is 382 cm³/mol. The molecule has 0 radical (unpaired) electrons. The number of unbranched alkanes of at least 4 members (excludes halogenated alkanes) is 7. The Labute approximate surface area is 608 Å². The highest BCUT2D eigenvalue weighted by Crippen LogP contribution is 2.49. The molecule has 104 heavy (non-hydrogen) atoms. The molecule has 29 heteroatoms. The lowest BCUT2D eigenvalue weighted by molar-refractivity contribution is -0.890. The number of nitrogens with one attached hydrogen (secondary N) is 8. The van der Waals surface area contributed by atoms with Crippen molar-refractivity contribution in [3.8, 4) is 80.1 Å². The average molecular weight is 1470 g/mol. The monoisotopic (exact) mass is 1470 g/mol. The molecular formula is C75H83Cl2N10O17+. The van der Waals surface area contributed by atoms with Crippen molar-refractivity contribution in [2.24, 2.45) is 5.73 Å². The topological polar surface area (TPSA) is 411 Å². The third-order valence-corrected chi connectivity index (χ3v) is 19.6. The van der Waals surface area contributed by atoms with E-state index in [9.17, 15) is 45.3 Å². The number of amides is 7. The lowest BCUT2D eigenvalue weighted by atomic mass is 9.87.